The van der Waals surface area contributed by atoms with Gasteiger partial charge in [0.2, 0.25) is 0 Å². The van der Waals surface area contributed by atoms with Gasteiger partial charge in [-0.15, -0.1) is 0 Å². The van der Waals surface area contributed by atoms with E-state index in [1.54, 1.807) is 0 Å². The Morgan fingerprint density at radius 2 is 1.95 bits per heavy atom. The van der Waals surface area contributed by atoms with E-state index in [1.807, 2.05) is 0 Å². The predicted molar refractivity (Wildman–Crippen MR) is 71.1 cm³/mol. The van der Waals surface area contributed by atoms with Crippen molar-refractivity contribution in [3.8, 4) is 0 Å². The Hall–Kier alpha value is -2.71. The Kier molecular flexibility index (Phi) is 3.74. The van der Waals surface area contributed by atoms with Crippen LogP contribution >= 0.6 is 0 Å². The fraction of sp³-hybridized carbons (Fsp3) is 0.417. The zero-order chi connectivity index (χ0) is 15.7. The summed E-state index contributed by atoms with van der Waals surface area (Å²) in [6.45, 7) is 1.35. The van der Waals surface area contributed by atoms with Crippen molar-refractivity contribution in [1.82, 2.24) is 19.4 Å². The van der Waals surface area contributed by atoms with Crippen molar-refractivity contribution < 1.29 is 14.4 Å². The molecule has 0 aliphatic carbocycles. The highest BCUT2D eigenvalue weighted by Gasteiger charge is 2.26. The number of Topliss-reactive ketones (excluding diaryl/α,β-unsaturated/α-hetero) is 1. The minimum absolute atomic E-state index is 0.184. The summed E-state index contributed by atoms with van der Waals surface area (Å²) in [5.74, 6) is -1.09. The normalized spacial score (nSPS) is 14.2. The van der Waals surface area contributed by atoms with Gasteiger partial charge >= 0.3 is 11.7 Å². The second kappa shape index (κ2) is 5.35. The van der Waals surface area contributed by atoms with Gasteiger partial charge in [0.25, 0.3) is 11.5 Å². The molecule has 2 heterocycles. The number of imide groups is 1. The first kappa shape index (κ1) is 14.7. The van der Waals surface area contributed by atoms with Crippen molar-refractivity contribution in [2.45, 2.75) is 13.5 Å². The van der Waals surface area contributed by atoms with Gasteiger partial charge in [0.05, 0.1) is 5.56 Å². The number of nitrogens with one attached hydrogen (secondary N) is 1. The molecule has 21 heavy (non-hydrogen) atoms. The fourth-order valence-electron chi connectivity index (χ4n) is 2.02. The van der Waals surface area contributed by atoms with Gasteiger partial charge in [0, 0.05) is 26.3 Å². The molecule has 1 aromatic heterocycles. The smallest absolute Gasteiger partial charge is 0.331 e. The maximum absolute atomic E-state index is 12.0. The summed E-state index contributed by atoms with van der Waals surface area (Å²) in [7, 11) is 1.22. The van der Waals surface area contributed by atoms with Gasteiger partial charge in [-0.2, -0.15) is 0 Å². The SMILES string of the molecule is CC(=O)c1cn(CC(=O)N2CCNC2=O)c(=O)n(C)c1=O. The van der Waals surface area contributed by atoms with Gasteiger partial charge in [0.15, 0.2) is 5.78 Å². The Morgan fingerprint density at radius 1 is 1.29 bits per heavy atom. The zero-order valence-corrected chi connectivity index (χ0v) is 11.6. The Morgan fingerprint density at radius 3 is 2.48 bits per heavy atom. The van der Waals surface area contributed by atoms with E-state index in [4.69, 9.17) is 0 Å². The molecule has 2 rings (SSSR count). The van der Waals surface area contributed by atoms with Crippen LogP contribution in [-0.2, 0) is 18.4 Å². The lowest BCUT2D eigenvalue weighted by atomic mass is 10.2. The second-order valence-corrected chi connectivity index (χ2v) is 4.65. The standard InChI is InChI=1S/C12H14N4O5/c1-7(17)8-5-15(12(21)14(2)10(8)19)6-9(18)16-4-3-13-11(16)20/h5H,3-4,6H2,1-2H3,(H,13,20). The number of carbonyl (C=O) groups excluding carboxylic acids is 3. The number of rotatable bonds is 3. The zero-order valence-electron chi connectivity index (χ0n) is 11.6. The summed E-state index contributed by atoms with van der Waals surface area (Å²) < 4.78 is 1.71. The molecule has 0 bridgehead atoms. The molecule has 1 saturated heterocycles. The topological polar surface area (TPSA) is 110 Å². The van der Waals surface area contributed by atoms with E-state index in [1.165, 1.54) is 14.0 Å². The van der Waals surface area contributed by atoms with Crippen LogP contribution in [0.4, 0.5) is 4.79 Å². The molecule has 3 amide bonds. The first-order valence-corrected chi connectivity index (χ1v) is 6.22. The van der Waals surface area contributed by atoms with E-state index in [2.05, 4.69) is 5.32 Å². The van der Waals surface area contributed by atoms with E-state index >= 15 is 0 Å². The third-order valence-corrected chi connectivity index (χ3v) is 3.20. The van der Waals surface area contributed by atoms with Crippen molar-refractivity contribution in [2.24, 2.45) is 7.05 Å². The number of hydrogen-bond acceptors (Lipinski definition) is 5. The largest absolute Gasteiger partial charge is 0.336 e. The van der Waals surface area contributed by atoms with Crippen molar-refractivity contribution in [3.63, 3.8) is 0 Å². The van der Waals surface area contributed by atoms with E-state index in [0.717, 1.165) is 20.2 Å². The fourth-order valence-corrected chi connectivity index (χ4v) is 2.02. The number of aromatic nitrogens is 2. The Balaban J connectivity index is 2.38. The molecular formula is C12H14N4O5. The van der Waals surface area contributed by atoms with Crippen LogP contribution in [0.1, 0.15) is 17.3 Å². The number of hydrogen-bond donors (Lipinski definition) is 1. The minimum atomic E-state index is -0.724. The lowest BCUT2D eigenvalue weighted by molar-refractivity contribution is -0.128. The number of urea groups is 1. The number of ketones is 1. The van der Waals surface area contributed by atoms with Gasteiger partial charge in [-0.1, -0.05) is 0 Å². The van der Waals surface area contributed by atoms with E-state index in [9.17, 15) is 24.0 Å². The van der Waals surface area contributed by atoms with Crippen molar-refractivity contribution in [3.05, 3.63) is 32.6 Å². The summed E-state index contributed by atoms with van der Waals surface area (Å²) in [4.78, 5) is 59.4. The molecule has 0 radical (unpaired) electrons. The number of amides is 3. The minimum Gasteiger partial charge on any atom is -0.336 e. The molecule has 1 aliphatic rings. The second-order valence-electron chi connectivity index (χ2n) is 4.65. The van der Waals surface area contributed by atoms with E-state index < -0.39 is 35.5 Å². The van der Waals surface area contributed by atoms with Gasteiger partial charge in [0.1, 0.15) is 6.54 Å². The summed E-state index contributed by atoms with van der Waals surface area (Å²) in [6.07, 6.45) is 1.05. The predicted octanol–water partition coefficient (Wildman–Crippen LogP) is -1.70. The average molecular weight is 294 g/mol. The molecule has 9 nitrogen and oxygen atoms in total. The van der Waals surface area contributed by atoms with Crippen molar-refractivity contribution in [1.29, 1.82) is 0 Å². The van der Waals surface area contributed by atoms with Crippen LogP contribution < -0.4 is 16.6 Å². The monoisotopic (exact) mass is 294 g/mol. The van der Waals surface area contributed by atoms with E-state index in [-0.39, 0.29) is 12.1 Å². The maximum atomic E-state index is 12.0. The highest BCUT2D eigenvalue weighted by atomic mass is 16.2. The van der Waals surface area contributed by atoms with Crippen LogP contribution in [-0.4, -0.2) is 44.8 Å². The first-order chi connectivity index (χ1) is 9.82. The van der Waals surface area contributed by atoms with Gasteiger partial charge in [-0.25, -0.2) is 9.59 Å². The van der Waals surface area contributed by atoms with Crippen LogP contribution in [0.15, 0.2) is 15.8 Å². The van der Waals surface area contributed by atoms with Crippen LogP contribution in [0.2, 0.25) is 0 Å². The molecule has 1 N–H and O–H groups in total. The summed E-state index contributed by atoms with van der Waals surface area (Å²) in [5.41, 5.74) is -1.62. The number of nitrogens with zero attached hydrogens (tertiary/aromatic N) is 3. The summed E-state index contributed by atoms with van der Waals surface area (Å²) >= 11 is 0. The van der Waals surface area contributed by atoms with Gasteiger partial charge < -0.3 is 5.32 Å². The molecule has 1 aromatic rings. The Bertz CT molecular complexity index is 745. The molecule has 0 unspecified atom stereocenters. The van der Waals surface area contributed by atoms with Crippen molar-refractivity contribution >= 4 is 17.7 Å². The molecule has 0 saturated carbocycles. The summed E-state index contributed by atoms with van der Waals surface area (Å²) in [5, 5.41) is 2.47. The maximum Gasteiger partial charge on any atom is 0.331 e. The van der Waals surface area contributed by atoms with Crippen LogP contribution in [0.5, 0.6) is 0 Å². The van der Waals surface area contributed by atoms with Gasteiger partial charge in [-0.3, -0.25) is 28.4 Å². The van der Waals surface area contributed by atoms with Crippen LogP contribution in [0, 0.1) is 0 Å². The lowest BCUT2D eigenvalue weighted by Gasteiger charge is -2.14. The molecule has 0 aromatic carbocycles. The van der Waals surface area contributed by atoms with Gasteiger partial charge in [-0.05, 0) is 6.92 Å². The first-order valence-electron chi connectivity index (χ1n) is 6.22. The van der Waals surface area contributed by atoms with Crippen LogP contribution in [0.25, 0.3) is 0 Å². The third kappa shape index (κ3) is 2.62. The van der Waals surface area contributed by atoms with E-state index in [0.29, 0.717) is 6.54 Å². The Labute approximate surface area is 118 Å². The molecule has 0 atom stereocenters. The highest BCUT2D eigenvalue weighted by molar-refractivity contribution is 5.96. The molecule has 9 heteroatoms. The number of carbonyl (C=O) groups is 3. The lowest BCUT2D eigenvalue weighted by Crippen LogP contribution is -2.44. The quantitative estimate of drug-likeness (QED) is 0.668. The molecule has 112 valence electrons. The highest BCUT2D eigenvalue weighted by Crippen LogP contribution is 1.99. The molecule has 0 spiro atoms. The molecule has 1 aliphatic heterocycles. The van der Waals surface area contributed by atoms with Crippen molar-refractivity contribution in [2.75, 3.05) is 13.1 Å². The average Bonchev–Trinajstić information content (AvgIpc) is 2.85. The summed E-state index contributed by atoms with van der Waals surface area (Å²) in [6, 6.07) is -0.523. The third-order valence-electron chi connectivity index (χ3n) is 3.20. The molecule has 1 fully saturated rings. The van der Waals surface area contributed by atoms with Crippen LogP contribution in [0.3, 0.4) is 0 Å². The molecular weight excluding hydrogens is 280 g/mol.